The van der Waals surface area contributed by atoms with Crippen LogP contribution in [-0.4, -0.2) is 12.3 Å². The molecule has 1 saturated carbocycles. The molecule has 0 radical (unpaired) electrons. The highest BCUT2D eigenvalue weighted by Gasteiger charge is 2.41. The molecule has 0 saturated heterocycles. The fraction of sp³-hybridized carbons (Fsp3) is 0.462. The number of halogens is 2. The molecule has 92 valence electrons. The molecular formula is C13H15ClFNO. The minimum absolute atomic E-state index is 0.0608. The number of Topliss-reactive ketones (excluding diaryl/α,β-unsaturated/α-hetero) is 1. The third-order valence-electron chi connectivity index (χ3n) is 3.64. The molecule has 4 heteroatoms. The molecule has 1 aromatic carbocycles. The lowest BCUT2D eigenvalue weighted by molar-refractivity contribution is -0.132. The van der Waals surface area contributed by atoms with Crippen LogP contribution < -0.4 is 5.73 Å². The molecule has 0 bridgehead atoms. The van der Waals surface area contributed by atoms with E-state index < -0.39 is 5.82 Å². The van der Waals surface area contributed by atoms with Crippen molar-refractivity contribution in [3.05, 3.63) is 34.6 Å². The molecule has 1 aliphatic carbocycles. The van der Waals surface area contributed by atoms with Crippen molar-refractivity contribution in [3.63, 3.8) is 0 Å². The normalized spacial score (nSPS) is 17.6. The van der Waals surface area contributed by atoms with Crippen LogP contribution in [0.1, 0.15) is 24.8 Å². The van der Waals surface area contributed by atoms with Gasteiger partial charge in [0.05, 0.1) is 5.02 Å². The Labute approximate surface area is 105 Å². The molecule has 0 aliphatic heterocycles. The third-order valence-corrected chi connectivity index (χ3v) is 3.93. The standard InChI is InChI=1S/C13H15ClFNO/c14-10-6-9(2-3-11(10)15)7-12(17)13(8-16)4-1-5-13/h2-3,6H,1,4-5,7-8,16H2. The summed E-state index contributed by atoms with van der Waals surface area (Å²) in [6.07, 6.45) is 3.10. The van der Waals surface area contributed by atoms with Gasteiger partial charge in [0.1, 0.15) is 11.6 Å². The highest BCUT2D eigenvalue weighted by molar-refractivity contribution is 6.30. The van der Waals surface area contributed by atoms with E-state index in [4.69, 9.17) is 17.3 Å². The molecule has 2 rings (SSSR count). The van der Waals surface area contributed by atoms with Gasteiger partial charge >= 0.3 is 0 Å². The summed E-state index contributed by atoms with van der Waals surface area (Å²) in [5, 5.41) is 0.0608. The van der Waals surface area contributed by atoms with Gasteiger partial charge in [-0.1, -0.05) is 24.1 Å². The Bertz CT molecular complexity index is 438. The first-order valence-corrected chi connectivity index (χ1v) is 6.12. The van der Waals surface area contributed by atoms with Crippen LogP contribution in [-0.2, 0) is 11.2 Å². The first kappa shape index (κ1) is 12.5. The summed E-state index contributed by atoms with van der Waals surface area (Å²) in [4.78, 5) is 12.1. The predicted octanol–water partition coefficient (Wildman–Crippen LogP) is 2.72. The van der Waals surface area contributed by atoms with Gasteiger partial charge in [-0.3, -0.25) is 4.79 Å². The van der Waals surface area contributed by atoms with Crippen LogP contribution in [0, 0.1) is 11.2 Å². The van der Waals surface area contributed by atoms with Gasteiger partial charge < -0.3 is 5.73 Å². The van der Waals surface area contributed by atoms with Crippen LogP contribution in [0.2, 0.25) is 5.02 Å². The lowest BCUT2D eigenvalue weighted by Gasteiger charge is -2.39. The van der Waals surface area contributed by atoms with Crippen LogP contribution in [0.25, 0.3) is 0 Å². The van der Waals surface area contributed by atoms with Crippen LogP contribution in [0.15, 0.2) is 18.2 Å². The van der Waals surface area contributed by atoms with E-state index in [9.17, 15) is 9.18 Å². The zero-order valence-corrected chi connectivity index (χ0v) is 10.3. The van der Waals surface area contributed by atoms with Crippen LogP contribution in [0.3, 0.4) is 0 Å². The molecule has 0 atom stereocenters. The van der Waals surface area contributed by atoms with E-state index in [2.05, 4.69) is 0 Å². The van der Waals surface area contributed by atoms with Crippen LogP contribution in [0.5, 0.6) is 0 Å². The number of nitrogens with two attached hydrogens (primary N) is 1. The molecular weight excluding hydrogens is 241 g/mol. The molecule has 2 N–H and O–H groups in total. The molecule has 17 heavy (non-hydrogen) atoms. The quantitative estimate of drug-likeness (QED) is 0.899. The summed E-state index contributed by atoms with van der Waals surface area (Å²) in [6.45, 7) is 0.404. The summed E-state index contributed by atoms with van der Waals surface area (Å²) >= 11 is 5.68. The zero-order chi connectivity index (χ0) is 12.5. The van der Waals surface area contributed by atoms with Gasteiger partial charge in [-0.25, -0.2) is 4.39 Å². The molecule has 1 aromatic rings. The third kappa shape index (κ3) is 2.35. The number of carbonyl (C=O) groups excluding carboxylic acids is 1. The molecule has 0 heterocycles. The molecule has 0 aromatic heterocycles. The van der Waals surface area contributed by atoms with E-state index in [1.807, 2.05) is 0 Å². The van der Waals surface area contributed by atoms with E-state index in [0.717, 1.165) is 24.8 Å². The largest absolute Gasteiger partial charge is 0.329 e. The topological polar surface area (TPSA) is 43.1 Å². The van der Waals surface area contributed by atoms with E-state index in [0.29, 0.717) is 6.54 Å². The van der Waals surface area contributed by atoms with Crippen molar-refractivity contribution in [1.29, 1.82) is 0 Å². The maximum atomic E-state index is 13.0. The lowest BCUT2D eigenvalue weighted by Crippen LogP contribution is -2.45. The number of rotatable bonds is 4. The summed E-state index contributed by atoms with van der Waals surface area (Å²) in [7, 11) is 0. The van der Waals surface area contributed by atoms with E-state index in [1.54, 1.807) is 6.07 Å². The molecule has 1 fully saturated rings. The highest BCUT2D eigenvalue weighted by atomic mass is 35.5. The highest BCUT2D eigenvalue weighted by Crippen LogP contribution is 2.41. The van der Waals surface area contributed by atoms with Gasteiger partial charge in [0.15, 0.2) is 0 Å². The first-order chi connectivity index (χ1) is 8.07. The molecule has 0 amide bonds. The Hall–Kier alpha value is -0.930. The second-order valence-corrected chi connectivity index (χ2v) is 5.09. The first-order valence-electron chi connectivity index (χ1n) is 5.75. The SMILES string of the molecule is NCC1(C(=O)Cc2ccc(F)c(Cl)c2)CCC1. The molecule has 1 aliphatic rings. The molecule has 0 unspecified atom stereocenters. The van der Waals surface area contributed by atoms with Crippen LogP contribution in [0.4, 0.5) is 4.39 Å². The molecule has 0 spiro atoms. The van der Waals surface area contributed by atoms with Crippen molar-refractivity contribution < 1.29 is 9.18 Å². The monoisotopic (exact) mass is 255 g/mol. The maximum Gasteiger partial charge on any atom is 0.144 e. The van der Waals surface area contributed by atoms with Crippen LogP contribution >= 0.6 is 11.6 Å². The Balaban J connectivity index is 2.10. The summed E-state index contributed by atoms with van der Waals surface area (Å²) in [5.74, 6) is -0.311. The number of carbonyl (C=O) groups is 1. The second-order valence-electron chi connectivity index (χ2n) is 4.69. The fourth-order valence-electron chi connectivity index (χ4n) is 2.22. The van der Waals surface area contributed by atoms with Gasteiger partial charge in [-0.2, -0.15) is 0 Å². The molecule has 2 nitrogen and oxygen atoms in total. The Morgan fingerprint density at radius 3 is 2.65 bits per heavy atom. The maximum absolute atomic E-state index is 13.0. The van der Waals surface area contributed by atoms with Gasteiger partial charge in [0.25, 0.3) is 0 Å². The minimum Gasteiger partial charge on any atom is -0.329 e. The summed E-state index contributed by atoms with van der Waals surface area (Å²) in [6, 6.07) is 4.40. The smallest absolute Gasteiger partial charge is 0.144 e. The Kier molecular flexibility index (Phi) is 3.50. The van der Waals surface area contributed by atoms with Gasteiger partial charge in [0.2, 0.25) is 0 Å². The van der Waals surface area contributed by atoms with Crippen molar-refractivity contribution in [1.82, 2.24) is 0 Å². The summed E-state index contributed by atoms with van der Waals surface area (Å²) in [5.41, 5.74) is 6.09. The average molecular weight is 256 g/mol. The van der Waals surface area contributed by atoms with E-state index >= 15 is 0 Å². The number of hydrogen-bond acceptors (Lipinski definition) is 2. The lowest BCUT2D eigenvalue weighted by atomic mass is 9.65. The van der Waals surface area contributed by atoms with Gasteiger partial charge in [-0.05, 0) is 30.5 Å². The number of benzene rings is 1. The minimum atomic E-state index is -0.458. The fourth-order valence-corrected chi connectivity index (χ4v) is 2.43. The summed E-state index contributed by atoms with van der Waals surface area (Å²) < 4.78 is 13.0. The Morgan fingerprint density at radius 2 is 2.18 bits per heavy atom. The average Bonchev–Trinajstić information content (AvgIpc) is 2.23. The Morgan fingerprint density at radius 1 is 1.47 bits per heavy atom. The predicted molar refractivity (Wildman–Crippen MR) is 65.5 cm³/mol. The van der Waals surface area contributed by atoms with Crippen molar-refractivity contribution in [2.75, 3.05) is 6.54 Å². The van der Waals surface area contributed by atoms with Crippen molar-refractivity contribution in [3.8, 4) is 0 Å². The second kappa shape index (κ2) is 4.75. The van der Waals surface area contributed by atoms with E-state index in [-0.39, 0.29) is 22.6 Å². The number of hydrogen-bond donors (Lipinski definition) is 1. The zero-order valence-electron chi connectivity index (χ0n) is 9.51. The number of ketones is 1. The van der Waals surface area contributed by atoms with Crippen molar-refractivity contribution >= 4 is 17.4 Å². The van der Waals surface area contributed by atoms with Gasteiger partial charge in [-0.15, -0.1) is 0 Å². The van der Waals surface area contributed by atoms with Crippen molar-refractivity contribution in [2.45, 2.75) is 25.7 Å². The van der Waals surface area contributed by atoms with E-state index in [1.165, 1.54) is 12.1 Å². The van der Waals surface area contributed by atoms with Crippen molar-refractivity contribution in [2.24, 2.45) is 11.1 Å². The van der Waals surface area contributed by atoms with Gasteiger partial charge in [0, 0.05) is 18.4 Å².